The number of nitrogens with one attached hydrogen (secondary N) is 1. The number of carbonyl (C=O) groups excluding carboxylic acids is 2. The van der Waals surface area contributed by atoms with Gasteiger partial charge in [-0.05, 0) is 37.7 Å². The number of nitrogens with zero attached hydrogens (tertiary/aromatic N) is 1. The Bertz CT molecular complexity index is 826. The summed E-state index contributed by atoms with van der Waals surface area (Å²) in [6.07, 6.45) is 5.94. The summed E-state index contributed by atoms with van der Waals surface area (Å²) in [5, 5.41) is 0. The lowest BCUT2D eigenvalue weighted by atomic mass is 9.78. The van der Waals surface area contributed by atoms with Gasteiger partial charge in [-0.1, -0.05) is 47.8 Å². The van der Waals surface area contributed by atoms with Gasteiger partial charge in [0.2, 0.25) is 10.0 Å². The van der Waals surface area contributed by atoms with E-state index in [4.69, 9.17) is 9.31 Å². The van der Waals surface area contributed by atoms with E-state index in [0.717, 1.165) is 17.3 Å². The van der Waals surface area contributed by atoms with Crippen LogP contribution in [0.25, 0.3) is 0 Å². The van der Waals surface area contributed by atoms with Crippen molar-refractivity contribution in [3.63, 3.8) is 0 Å². The Labute approximate surface area is 179 Å². The van der Waals surface area contributed by atoms with E-state index < -0.39 is 35.0 Å². The van der Waals surface area contributed by atoms with Crippen molar-refractivity contribution in [1.82, 2.24) is 9.62 Å². The molecule has 1 unspecified atom stereocenters. The van der Waals surface area contributed by atoms with Crippen molar-refractivity contribution in [2.75, 3.05) is 20.1 Å². The van der Waals surface area contributed by atoms with Gasteiger partial charge >= 0.3 is 19.1 Å². The maximum Gasteiger partial charge on any atom is 0.622 e. The van der Waals surface area contributed by atoms with E-state index in [1.54, 1.807) is 31.3 Å². The third kappa shape index (κ3) is 7.58. The van der Waals surface area contributed by atoms with E-state index in [1.165, 1.54) is 17.0 Å². The molecule has 1 aliphatic rings. The molecule has 1 aliphatic heterocycles. The van der Waals surface area contributed by atoms with E-state index in [1.807, 2.05) is 6.92 Å². The number of hydrogen-bond donors (Lipinski definition) is 1. The van der Waals surface area contributed by atoms with E-state index in [9.17, 15) is 18.0 Å². The van der Waals surface area contributed by atoms with Crippen molar-refractivity contribution in [3.8, 4) is 0 Å². The molecule has 0 aromatic heterocycles. The minimum absolute atomic E-state index is 0.0379. The molecule has 1 N–H and O–H groups in total. The number of rotatable bonds is 8. The summed E-state index contributed by atoms with van der Waals surface area (Å²) in [4.78, 5) is 25.6. The number of unbranched alkanes of at least 4 members (excludes halogenated alkanes) is 2. The van der Waals surface area contributed by atoms with Gasteiger partial charge in [0, 0.05) is 4.47 Å². The van der Waals surface area contributed by atoms with Crippen LogP contribution in [0.3, 0.4) is 0 Å². The minimum Gasteiger partial charge on any atom is -0.497 e. The first-order chi connectivity index (χ1) is 13.7. The van der Waals surface area contributed by atoms with Crippen LogP contribution in [-0.4, -0.2) is 58.5 Å². The molecule has 0 radical (unpaired) electrons. The van der Waals surface area contributed by atoms with Crippen LogP contribution in [0.4, 0.5) is 0 Å². The molecular weight excluding hydrogens is 463 g/mol. The average Bonchev–Trinajstić information content (AvgIpc) is 2.62. The molecule has 0 bridgehead atoms. The summed E-state index contributed by atoms with van der Waals surface area (Å²) in [5.41, 5.74) is 0. The average molecular weight is 487 g/mol. The largest absolute Gasteiger partial charge is 0.622 e. The lowest BCUT2D eigenvalue weighted by Gasteiger charge is -2.26. The molecule has 0 spiro atoms. The molecule has 2 rings (SSSR count). The highest BCUT2D eigenvalue weighted by Crippen LogP contribution is 2.16. The fourth-order valence-corrected chi connectivity index (χ4v) is 4.06. The fraction of sp³-hybridized carbons (Fsp3) is 0.444. The number of sulfonamides is 1. The van der Waals surface area contributed by atoms with Crippen molar-refractivity contribution in [1.29, 1.82) is 0 Å². The van der Waals surface area contributed by atoms with E-state index in [0.29, 0.717) is 6.42 Å². The first-order valence-electron chi connectivity index (χ1n) is 9.23. The Kier molecular flexibility index (Phi) is 8.88. The zero-order valence-corrected chi connectivity index (χ0v) is 18.7. The first kappa shape index (κ1) is 23.6. The van der Waals surface area contributed by atoms with Gasteiger partial charge in [-0.3, -0.25) is 14.5 Å². The number of likely N-dealkylation sites (N-methyl/N-ethyl adjacent to an activating group) is 1. The molecular formula is C18H24BBrN2O6S. The quantitative estimate of drug-likeness (QED) is 0.340. The van der Waals surface area contributed by atoms with Crippen LogP contribution >= 0.6 is 15.9 Å². The smallest absolute Gasteiger partial charge is 0.497 e. The van der Waals surface area contributed by atoms with Gasteiger partial charge < -0.3 is 9.31 Å². The van der Waals surface area contributed by atoms with E-state index in [2.05, 4.69) is 20.7 Å². The molecule has 29 heavy (non-hydrogen) atoms. The van der Waals surface area contributed by atoms with Gasteiger partial charge in [0.25, 0.3) is 0 Å². The molecule has 11 heteroatoms. The summed E-state index contributed by atoms with van der Waals surface area (Å²) < 4.78 is 39.3. The van der Waals surface area contributed by atoms with Crippen molar-refractivity contribution in [3.05, 3.63) is 40.9 Å². The van der Waals surface area contributed by atoms with Gasteiger partial charge in [-0.25, -0.2) is 13.1 Å². The van der Waals surface area contributed by atoms with Crippen LogP contribution in [0, 0.1) is 0 Å². The van der Waals surface area contributed by atoms with Crippen LogP contribution in [0.15, 0.2) is 45.8 Å². The van der Waals surface area contributed by atoms with E-state index in [-0.39, 0.29) is 18.0 Å². The lowest BCUT2D eigenvalue weighted by Crippen LogP contribution is -2.53. The Hall–Kier alpha value is -1.69. The van der Waals surface area contributed by atoms with Crippen LogP contribution in [0.5, 0.6) is 0 Å². The molecule has 0 amide bonds. The highest BCUT2D eigenvalue weighted by molar-refractivity contribution is 9.10. The summed E-state index contributed by atoms with van der Waals surface area (Å²) in [7, 11) is -3.76. The molecule has 1 aromatic carbocycles. The van der Waals surface area contributed by atoms with E-state index >= 15 is 0 Å². The summed E-state index contributed by atoms with van der Waals surface area (Å²) in [5.74, 6) is -2.28. The van der Waals surface area contributed by atoms with Gasteiger partial charge in [0.1, 0.15) is 5.94 Å². The van der Waals surface area contributed by atoms with Crippen molar-refractivity contribution >= 4 is 45.0 Å². The molecule has 1 aromatic rings. The summed E-state index contributed by atoms with van der Waals surface area (Å²) in [6.45, 7) is 1.84. The van der Waals surface area contributed by atoms with Crippen LogP contribution in [0.2, 0.25) is 0 Å². The maximum absolute atomic E-state index is 12.8. The Morgan fingerprint density at radius 3 is 2.34 bits per heavy atom. The highest BCUT2D eigenvalue weighted by atomic mass is 79.9. The van der Waals surface area contributed by atoms with Gasteiger partial charge in [0.15, 0.2) is 0 Å². The number of allylic oxidation sites excluding steroid dienone is 1. The Morgan fingerprint density at radius 2 is 1.79 bits per heavy atom. The van der Waals surface area contributed by atoms with Crippen molar-refractivity contribution in [2.45, 2.75) is 37.0 Å². The molecule has 1 atom stereocenters. The molecule has 158 valence electrons. The zero-order chi connectivity index (χ0) is 21.4. The first-order valence-corrected chi connectivity index (χ1v) is 11.5. The second-order valence-electron chi connectivity index (χ2n) is 6.69. The Balaban J connectivity index is 2.27. The van der Waals surface area contributed by atoms with Crippen molar-refractivity contribution in [2.24, 2.45) is 0 Å². The predicted octanol–water partition coefficient (Wildman–Crippen LogP) is 1.90. The normalized spacial score (nSPS) is 17.6. The van der Waals surface area contributed by atoms with Gasteiger partial charge in [-0.15, -0.1) is 0 Å². The molecule has 1 heterocycles. The molecule has 1 saturated heterocycles. The maximum atomic E-state index is 12.8. The van der Waals surface area contributed by atoms with Gasteiger partial charge in [0.05, 0.1) is 18.0 Å². The number of halogens is 1. The standard InChI is InChI=1S/C18H24BBrN2O6S/c1-3-4-5-6-7-16(19-27-17(23)12-22(2)13-18(24)28-19)21-29(25,26)15-10-8-14(20)9-11-15/h6-11,16,21H,3-5,12-13H2,1-2H3. The molecule has 0 aliphatic carbocycles. The fourth-order valence-electron chi connectivity index (χ4n) is 2.61. The SMILES string of the molecule is CCCCC=CC(NS(=O)(=O)c1ccc(Br)cc1)B1OC(=O)CN(C)CC(=O)O1. The topological polar surface area (TPSA) is 102 Å². The summed E-state index contributed by atoms with van der Waals surface area (Å²) in [6, 6.07) is 6.09. The monoisotopic (exact) mass is 486 g/mol. The second kappa shape index (κ2) is 10.9. The zero-order valence-electron chi connectivity index (χ0n) is 16.3. The van der Waals surface area contributed by atoms with Crippen LogP contribution in [-0.2, 0) is 28.9 Å². The lowest BCUT2D eigenvalue weighted by molar-refractivity contribution is -0.145. The van der Waals surface area contributed by atoms with Gasteiger partial charge in [-0.2, -0.15) is 0 Å². The predicted molar refractivity (Wildman–Crippen MR) is 112 cm³/mol. The third-order valence-corrected chi connectivity index (χ3v) is 6.07. The third-order valence-electron chi connectivity index (χ3n) is 4.07. The van der Waals surface area contributed by atoms with Crippen LogP contribution in [0.1, 0.15) is 26.2 Å². The second-order valence-corrected chi connectivity index (χ2v) is 9.32. The number of hydrogen-bond acceptors (Lipinski definition) is 7. The van der Waals surface area contributed by atoms with Crippen LogP contribution < -0.4 is 4.72 Å². The molecule has 0 saturated carbocycles. The summed E-state index contributed by atoms with van der Waals surface area (Å²) >= 11 is 3.26. The minimum atomic E-state index is -3.95. The molecule has 1 fully saturated rings. The number of benzene rings is 1. The molecule has 8 nitrogen and oxygen atoms in total. The number of carbonyl (C=O) groups is 2. The van der Waals surface area contributed by atoms with Crippen molar-refractivity contribution < 1.29 is 27.3 Å². The highest BCUT2D eigenvalue weighted by Gasteiger charge is 2.40. The Morgan fingerprint density at radius 1 is 1.21 bits per heavy atom.